The van der Waals surface area contributed by atoms with E-state index in [9.17, 15) is 4.79 Å². The summed E-state index contributed by atoms with van der Waals surface area (Å²) in [6.07, 6.45) is 0. The lowest BCUT2D eigenvalue weighted by molar-refractivity contribution is -0.122. The van der Waals surface area contributed by atoms with Crippen LogP contribution in [0.15, 0.2) is 47.8 Å². The normalized spacial score (nSPS) is 12.9. The van der Waals surface area contributed by atoms with Crippen molar-refractivity contribution in [2.75, 3.05) is 13.1 Å². The Balaban J connectivity index is 2.01. The van der Waals surface area contributed by atoms with Crippen molar-refractivity contribution < 1.29 is 4.79 Å². The number of amides is 1. The van der Waals surface area contributed by atoms with Crippen LogP contribution in [0.4, 0.5) is 0 Å². The van der Waals surface area contributed by atoms with E-state index in [1.165, 1.54) is 4.88 Å². The van der Waals surface area contributed by atoms with E-state index in [-0.39, 0.29) is 17.2 Å². The van der Waals surface area contributed by atoms with E-state index in [0.717, 1.165) is 5.56 Å². The van der Waals surface area contributed by atoms with Crippen LogP contribution in [0, 0.1) is 0 Å². The monoisotopic (exact) mass is 302 g/mol. The van der Waals surface area contributed by atoms with Gasteiger partial charge >= 0.3 is 0 Å². The molecule has 2 rings (SSSR count). The molecule has 1 aromatic carbocycles. The zero-order valence-corrected chi connectivity index (χ0v) is 13.3. The van der Waals surface area contributed by atoms with Crippen LogP contribution in [0.1, 0.15) is 30.2 Å². The molecular formula is C17H22N2OS. The molecule has 4 heteroatoms. The second kappa shape index (κ2) is 6.87. The Bertz CT molecular complexity index is 564. The Hall–Kier alpha value is -1.65. The van der Waals surface area contributed by atoms with E-state index in [4.69, 9.17) is 5.73 Å². The fourth-order valence-electron chi connectivity index (χ4n) is 2.26. The van der Waals surface area contributed by atoms with Crippen molar-refractivity contribution in [2.24, 2.45) is 5.73 Å². The van der Waals surface area contributed by atoms with E-state index in [1.54, 1.807) is 11.3 Å². The lowest BCUT2D eigenvalue weighted by Gasteiger charge is -2.25. The van der Waals surface area contributed by atoms with Gasteiger partial charge in [0.25, 0.3) is 0 Å². The van der Waals surface area contributed by atoms with Crippen molar-refractivity contribution in [2.45, 2.75) is 25.2 Å². The van der Waals surface area contributed by atoms with Crippen molar-refractivity contribution >= 4 is 17.2 Å². The minimum absolute atomic E-state index is 0.00617. The Morgan fingerprint density at radius 1 is 1.24 bits per heavy atom. The van der Waals surface area contributed by atoms with Crippen molar-refractivity contribution in [1.29, 1.82) is 0 Å². The molecule has 1 heterocycles. The SMILES string of the molecule is CC(C)(CNC(=O)C(CN)c1ccccc1)c1cccs1. The number of nitrogens with two attached hydrogens (primary N) is 1. The third-order valence-electron chi connectivity index (χ3n) is 3.65. The average molecular weight is 302 g/mol. The maximum atomic E-state index is 12.4. The molecular weight excluding hydrogens is 280 g/mol. The number of carbonyl (C=O) groups is 1. The number of nitrogens with one attached hydrogen (secondary N) is 1. The van der Waals surface area contributed by atoms with E-state index in [0.29, 0.717) is 13.1 Å². The largest absolute Gasteiger partial charge is 0.355 e. The van der Waals surface area contributed by atoms with Gasteiger partial charge in [0.2, 0.25) is 5.91 Å². The molecule has 3 N–H and O–H groups in total. The maximum Gasteiger partial charge on any atom is 0.228 e. The summed E-state index contributed by atoms with van der Waals surface area (Å²) in [6.45, 7) is 5.20. The van der Waals surface area contributed by atoms with Crippen LogP contribution < -0.4 is 11.1 Å². The molecule has 1 amide bonds. The summed E-state index contributed by atoms with van der Waals surface area (Å²) in [4.78, 5) is 13.7. The van der Waals surface area contributed by atoms with Crippen LogP contribution in [0.25, 0.3) is 0 Å². The summed E-state index contributed by atoms with van der Waals surface area (Å²) in [6, 6.07) is 13.8. The molecule has 2 aromatic rings. The summed E-state index contributed by atoms with van der Waals surface area (Å²) >= 11 is 1.72. The van der Waals surface area contributed by atoms with Crippen LogP contribution in [0.3, 0.4) is 0 Å². The summed E-state index contributed by atoms with van der Waals surface area (Å²) in [5.41, 5.74) is 6.68. The van der Waals surface area contributed by atoms with Gasteiger partial charge in [0.05, 0.1) is 5.92 Å². The highest BCUT2D eigenvalue weighted by atomic mass is 32.1. The van der Waals surface area contributed by atoms with Gasteiger partial charge in [-0.15, -0.1) is 11.3 Å². The van der Waals surface area contributed by atoms with Crippen LogP contribution in [-0.4, -0.2) is 19.0 Å². The number of thiophene rings is 1. The van der Waals surface area contributed by atoms with E-state index in [1.807, 2.05) is 36.4 Å². The fourth-order valence-corrected chi connectivity index (χ4v) is 3.11. The molecule has 0 aliphatic heterocycles. The number of carbonyl (C=O) groups excluding carboxylic acids is 1. The highest BCUT2D eigenvalue weighted by Gasteiger charge is 2.25. The first-order valence-corrected chi connectivity index (χ1v) is 7.99. The van der Waals surface area contributed by atoms with Gasteiger partial charge in [-0.05, 0) is 17.0 Å². The Kier molecular flexibility index (Phi) is 5.15. The fraction of sp³-hybridized carbons (Fsp3) is 0.353. The maximum absolute atomic E-state index is 12.4. The highest BCUT2D eigenvalue weighted by Crippen LogP contribution is 2.27. The van der Waals surface area contributed by atoms with Gasteiger partial charge in [-0.1, -0.05) is 50.2 Å². The van der Waals surface area contributed by atoms with Crippen molar-refractivity contribution in [3.05, 3.63) is 58.3 Å². The molecule has 21 heavy (non-hydrogen) atoms. The Morgan fingerprint density at radius 2 is 1.95 bits per heavy atom. The minimum atomic E-state index is -0.287. The lowest BCUT2D eigenvalue weighted by atomic mass is 9.90. The Labute approximate surface area is 130 Å². The average Bonchev–Trinajstić information content (AvgIpc) is 3.02. The topological polar surface area (TPSA) is 55.1 Å². The molecule has 0 saturated heterocycles. The first-order chi connectivity index (χ1) is 10.0. The number of hydrogen-bond acceptors (Lipinski definition) is 3. The van der Waals surface area contributed by atoms with Crippen LogP contribution in [0.2, 0.25) is 0 Å². The molecule has 1 aromatic heterocycles. The third-order valence-corrected chi connectivity index (χ3v) is 4.88. The van der Waals surface area contributed by atoms with Gasteiger partial charge in [0.1, 0.15) is 0 Å². The predicted octanol–water partition coefficient (Wildman–Crippen LogP) is 2.88. The summed E-state index contributed by atoms with van der Waals surface area (Å²) in [5, 5.41) is 5.11. The summed E-state index contributed by atoms with van der Waals surface area (Å²) in [7, 11) is 0. The third kappa shape index (κ3) is 3.93. The van der Waals surface area contributed by atoms with Gasteiger partial charge in [0, 0.05) is 23.4 Å². The second-order valence-corrected chi connectivity index (χ2v) is 6.73. The van der Waals surface area contributed by atoms with E-state index in [2.05, 4.69) is 30.6 Å². The van der Waals surface area contributed by atoms with Crippen molar-refractivity contribution in [3.8, 4) is 0 Å². The number of hydrogen-bond donors (Lipinski definition) is 2. The van der Waals surface area contributed by atoms with Gasteiger partial charge in [-0.3, -0.25) is 4.79 Å². The Morgan fingerprint density at radius 3 is 2.52 bits per heavy atom. The molecule has 3 nitrogen and oxygen atoms in total. The van der Waals surface area contributed by atoms with Crippen LogP contribution >= 0.6 is 11.3 Å². The summed E-state index contributed by atoms with van der Waals surface area (Å²) in [5.74, 6) is -0.293. The standard InChI is InChI=1S/C17H22N2OS/c1-17(2,15-9-6-10-21-15)12-19-16(20)14(11-18)13-7-4-3-5-8-13/h3-10,14H,11-12,18H2,1-2H3,(H,19,20). The first kappa shape index (κ1) is 15.7. The van der Waals surface area contributed by atoms with Crippen molar-refractivity contribution in [3.63, 3.8) is 0 Å². The second-order valence-electron chi connectivity index (χ2n) is 5.78. The molecule has 1 unspecified atom stereocenters. The van der Waals surface area contributed by atoms with E-state index < -0.39 is 0 Å². The summed E-state index contributed by atoms with van der Waals surface area (Å²) < 4.78 is 0. The first-order valence-electron chi connectivity index (χ1n) is 7.11. The van der Waals surface area contributed by atoms with Gasteiger partial charge in [0.15, 0.2) is 0 Å². The van der Waals surface area contributed by atoms with Gasteiger partial charge < -0.3 is 11.1 Å². The molecule has 0 aliphatic rings. The lowest BCUT2D eigenvalue weighted by Crippen LogP contribution is -2.40. The van der Waals surface area contributed by atoms with Crippen LogP contribution in [-0.2, 0) is 10.2 Å². The molecule has 1 atom stereocenters. The molecule has 0 fully saturated rings. The smallest absolute Gasteiger partial charge is 0.228 e. The highest BCUT2D eigenvalue weighted by molar-refractivity contribution is 7.10. The molecule has 0 spiro atoms. The van der Waals surface area contributed by atoms with Crippen LogP contribution in [0.5, 0.6) is 0 Å². The zero-order chi connectivity index (χ0) is 15.3. The molecule has 0 bridgehead atoms. The van der Waals surface area contributed by atoms with Gasteiger partial charge in [-0.25, -0.2) is 0 Å². The predicted molar refractivity (Wildman–Crippen MR) is 88.6 cm³/mol. The quantitative estimate of drug-likeness (QED) is 0.862. The number of rotatable bonds is 6. The number of benzene rings is 1. The van der Waals surface area contributed by atoms with Gasteiger partial charge in [-0.2, -0.15) is 0 Å². The minimum Gasteiger partial charge on any atom is -0.355 e. The molecule has 112 valence electrons. The van der Waals surface area contributed by atoms with Crippen molar-refractivity contribution in [1.82, 2.24) is 5.32 Å². The molecule has 0 radical (unpaired) electrons. The molecule has 0 aliphatic carbocycles. The van der Waals surface area contributed by atoms with E-state index >= 15 is 0 Å². The molecule has 0 saturated carbocycles. The zero-order valence-electron chi connectivity index (χ0n) is 12.5.